The topological polar surface area (TPSA) is 105 Å². The predicted octanol–water partition coefficient (Wildman–Crippen LogP) is 7.39. The Balaban J connectivity index is 1.09. The molecular formula is C41H47N5O4. The Morgan fingerprint density at radius 2 is 1.72 bits per heavy atom. The molecule has 4 aliphatic rings. The highest BCUT2D eigenvalue weighted by molar-refractivity contribution is 5.85. The second-order valence-corrected chi connectivity index (χ2v) is 14.9. The fourth-order valence-electron chi connectivity index (χ4n) is 8.19. The molecule has 260 valence electrons. The first kappa shape index (κ1) is 33.6. The zero-order valence-corrected chi connectivity index (χ0v) is 29.3. The van der Waals surface area contributed by atoms with E-state index < -0.39 is 17.7 Å². The van der Waals surface area contributed by atoms with Crippen LogP contribution >= 0.6 is 0 Å². The molecule has 1 aliphatic carbocycles. The third-order valence-electron chi connectivity index (χ3n) is 10.9. The summed E-state index contributed by atoms with van der Waals surface area (Å²) >= 11 is 0. The number of rotatable bonds is 9. The van der Waals surface area contributed by atoms with Gasteiger partial charge < -0.3 is 25.4 Å². The van der Waals surface area contributed by atoms with Gasteiger partial charge >= 0.3 is 12.1 Å². The molecule has 9 heteroatoms. The maximum atomic E-state index is 14.0. The number of hydrogen-bond donors (Lipinski definition) is 3. The highest BCUT2D eigenvalue weighted by Crippen LogP contribution is 2.45. The van der Waals surface area contributed by atoms with E-state index in [2.05, 4.69) is 62.8 Å². The Labute approximate surface area is 294 Å². The third-order valence-corrected chi connectivity index (χ3v) is 10.9. The number of piperidine rings is 3. The van der Waals surface area contributed by atoms with Crippen molar-refractivity contribution < 1.29 is 19.1 Å². The van der Waals surface area contributed by atoms with Crippen LogP contribution in [0.4, 0.5) is 9.59 Å². The van der Waals surface area contributed by atoms with Crippen LogP contribution in [0.5, 0.6) is 5.75 Å². The molecule has 8 rings (SSSR count). The SMILES string of the molecule is C=C[C@H]1CN2CC[C@H]1C[C@H]2[C@@H](NC(=O)N[C@@H](NC(=O)OCC1c2ccccc2-c2ccccc21)C(C)(C)C)c1ccnc2ccc(OC)cc12. The number of carbonyl (C=O) groups is 2. The van der Waals surface area contributed by atoms with Crippen molar-refractivity contribution in [2.75, 3.05) is 26.8 Å². The minimum absolute atomic E-state index is 0.0615. The number of aromatic nitrogens is 1. The molecule has 0 radical (unpaired) electrons. The Morgan fingerprint density at radius 3 is 2.36 bits per heavy atom. The molecule has 1 aromatic heterocycles. The van der Waals surface area contributed by atoms with Crippen LogP contribution in [0.2, 0.25) is 0 Å². The van der Waals surface area contributed by atoms with Gasteiger partial charge in [-0.25, -0.2) is 9.59 Å². The van der Waals surface area contributed by atoms with Gasteiger partial charge in [0.05, 0.1) is 18.7 Å². The minimum Gasteiger partial charge on any atom is -0.497 e. The van der Waals surface area contributed by atoms with Crippen LogP contribution in [0.15, 0.2) is 91.6 Å². The summed E-state index contributed by atoms with van der Waals surface area (Å²) in [6, 6.07) is 23.7. The van der Waals surface area contributed by atoms with Crippen LogP contribution in [0.3, 0.4) is 0 Å². The zero-order valence-electron chi connectivity index (χ0n) is 29.3. The Bertz CT molecular complexity index is 1860. The Morgan fingerprint density at radius 1 is 1.00 bits per heavy atom. The molecule has 0 spiro atoms. The molecule has 3 amide bonds. The van der Waals surface area contributed by atoms with Gasteiger partial charge in [-0.3, -0.25) is 9.88 Å². The number of amides is 3. The molecule has 1 unspecified atom stereocenters. The molecule has 3 aliphatic heterocycles. The summed E-state index contributed by atoms with van der Waals surface area (Å²) in [5.74, 6) is 1.62. The average Bonchev–Trinajstić information content (AvgIpc) is 3.45. The summed E-state index contributed by atoms with van der Waals surface area (Å²) in [4.78, 5) is 34.5. The van der Waals surface area contributed by atoms with Gasteiger partial charge in [0.1, 0.15) is 18.5 Å². The predicted molar refractivity (Wildman–Crippen MR) is 196 cm³/mol. The standard InChI is InChI=1S/C41H47N5O4/c1-6-25-23-46-20-18-26(25)21-36(46)37(32-17-19-42-35-16-15-27(49-5)22-33(32)35)43-39(47)44-38(41(2,3)4)45-40(48)50-24-34-30-13-9-7-11-28(30)29-12-8-10-14-31(29)34/h6-17,19,22,25-26,34,36-38H,1,18,20-21,23-24H2,2-5H3,(H,45,48)(H2,43,44,47)/t25-,26-,36-,37-,38-/m0/s1. The van der Waals surface area contributed by atoms with Crippen LogP contribution < -0.4 is 20.7 Å². The van der Waals surface area contributed by atoms with Crippen molar-refractivity contribution in [3.8, 4) is 16.9 Å². The van der Waals surface area contributed by atoms with E-state index in [1.165, 1.54) is 11.1 Å². The fourth-order valence-corrected chi connectivity index (χ4v) is 8.19. The van der Waals surface area contributed by atoms with Crippen molar-refractivity contribution in [3.63, 3.8) is 0 Å². The summed E-state index contributed by atoms with van der Waals surface area (Å²) in [5, 5.41) is 10.3. The summed E-state index contributed by atoms with van der Waals surface area (Å²) in [6.45, 7) is 12.1. The van der Waals surface area contributed by atoms with Gasteiger partial charge in [-0.2, -0.15) is 0 Å². The van der Waals surface area contributed by atoms with E-state index in [1.54, 1.807) is 13.3 Å². The molecule has 4 aromatic rings. The van der Waals surface area contributed by atoms with Gasteiger partial charge in [0, 0.05) is 35.5 Å². The van der Waals surface area contributed by atoms with Crippen LogP contribution in [0.25, 0.3) is 22.0 Å². The van der Waals surface area contributed by atoms with E-state index in [0.717, 1.165) is 59.3 Å². The lowest BCUT2D eigenvalue weighted by Crippen LogP contribution is -2.61. The molecule has 3 aromatic carbocycles. The normalized spacial score (nSPS) is 22.2. The Hall–Kier alpha value is -4.89. The van der Waals surface area contributed by atoms with Gasteiger partial charge in [-0.1, -0.05) is 75.4 Å². The molecule has 4 heterocycles. The van der Waals surface area contributed by atoms with Crippen LogP contribution in [-0.4, -0.2) is 61.0 Å². The number of nitrogens with zero attached hydrogens (tertiary/aromatic N) is 2. The lowest BCUT2D eigenvalue weighted by Gasteiger charge is -2.51. The van der Waals surface area contributed by atoms with Crippen LogP contribution in [0.1, 0.15) is 62.3 Å². The molecule has 2 bridgehead atoms. The maximum absolute atomic E-state index is 14.0. The summed E-state index contributed by atoms with van der Waals surface area (Å²) in [5.41, 5.74) is 5.92. The van der Waals surface area contributed by atoms with Crippen LogP contribution in [0, 0.1) is 17.3 Å². The first-order valence-corrected chi connectivity index (χ1v) is 17.6. The summed E-state index contributed by atoms with van der Waals surface area (Å²) in [6.07, 6.45) is 4.65. The summed E-state index contributed by atoms with van der Waals surface area (Å²) in [7, 11) is 1.65. The molecule has 3 fully saturated rings. The number of alkyl carbamates (subject to hydrolysis) is 1. The van der Waals surface area contributed by atoms with Crippen LogP contribution in [-0.2, 0) is 4.74 Å². The van der Waals surface area contributed by atoms with E-state index in [-0.39, 0.29) is 30.6 Å². The first-order valence-electron chi connectivity index (χ1n) is 17.6. The number of urea groups is 1. The number of methoxy groups -OCH3 is 1. The van der Waals surface area contributed by atoms with Gasteiger partial charge in [0.25, 0.3) is 0 Å². The number of ether oxygens (including phenoxy) is 2. The summed E-state index contributed by atoms with van der Waals surface area (Å²) < 4.78 is 11.4. The van der Waals surface area contributed by atoms with Crippen molar-refractivity contribution in [2.45, 2.75) is 57.8 Å². The quantitative estimate of drug-likeness (QED) is 0.126. The highest BCUT2D eigenvalue weighted by Gasteiger charge is 2.43. The van der Waals surface area contributed by atoms with Gasteiger partial charge in [-0.15, -0.1) is 6.58 Å². The molecule has 50 heavy (non-hydrogen) atoms. The average molecular weight is 674 g/mol. The van der Waals surface area contributed by atoms with Gasteiger partial charge in [0.2, 0.25) is 0 Å². The number of nitrogens with one attached hydrogen (secondary N) is 3. The number of carbonyl (C=O) groups excluding carboxylic acids is 2. The van der Waals surface area contributed by atoms with Gasteiger partial charge in [-0.05, 0) is 83.3 Å². The molecule has 3 saturated heterocycles. The lowest BCUT2D eigenvalue weighted by atomic mass is 9.73. The molecular weight excluding hydrogens is 626 g/mol. The van der Waals surface area contributed by atoms with Crippen molar-refractivity contribution >= 4 is 23.0 Å². The van der Waals surface area contributed by atoms with E-state index in [4.69, 9.17) is 9.47 Å². The third kappa shape index (κ3) is 6.54. The Kier molecular flexibility index (Phi) is 9.26. The number of benzene rings is 3. The number of pyridine rings is 1. The highest BCUT2D eigenvalue weighted by atomic mass is 16.5. The zero-order chi connectivity index (χ0) is 35.0. The molecule has 3 N–H and O–H groups in total. The second kappa shape index (κ2) is 13.8. The smallest absolute Gasteiger partial charge is 0.408 e. The van der Waals surface area contributed by atoms with E-state index in [1.807, 2.05) is 69.3 Å². The maximum Gasteiger partial charge on any atom is 0.408 e. The first-order chi connectivity index (χ1) is 24.1. The fraction of sp³-hybridized carbons (Fsp3) is 0.390. The number of fused-ring (bicyclic) bond motifs is 7. The lowest BCUT2D eigenvalue weighted by molar-refractivity contribution is 0.00294. The number of hydrogen-bond acceptors (Lipinski definition) is 6. The molecule has 9 nitrogen and oxygen atoms in total. The largest absolute Gasteiger partial charge is 0.497 e. The van der Waals surface area contributed by atoms with Crippen molar-refractivity contribution in [1.29, 1.82) is 0 Å². The second-order valence-electron chi connectivity index (χ2n) is 14.9. The van der Waals surface area contributed by atoms with Crippen molar-refractivity contribution in [3.05, 3.63) is 108 Å². The molecule has 6 atom stereocenters. The van der Waals surface area contributed by atoms with E-state index >= 15 is 0 Å². The monoisotopic (exact) mass is 673 g/mol. The van der Waals surface area contributed by atoms with Crippen molar-refractivity contribution in [2.24, 2.45) is 17.3 Å². The molecule has 0 saturated carbocycles. The van der Waals surface area contributed by atoms with Gasteiger partial charge in [0.15, 0.2) is 0 Å². The van der Waals surface area contributed by atoms with E-state index in [9.17, 15) is 9.59 Å². The van der Waals surface area contributed by atoms with E-state index in [0.29, 0.717) is 11.8 Å². The van der Waals surface area contributed by atoms with Crippen molar-refractivity contribution in [1.82, 2.24) is 25.8 Å². The minimum atomic E-state index is -0.707.